The highest BCUT2D eigenvalue weighted by atomic mass is 16.3. The number of pyridine rings is 1. The van der Waals surface area contributed by atoms with Gasteiger partial charge in [-0.3, -0.25) is 5.10 Å². The van der Waals surface area contributed by atoms with Crippen LogP contribution in [0.25, 0.3) is 11.0 Å². The van der Waals surface area contributed by atoms with Crippen LogP contribution in [0.5, 0.6) is 0 Å². The molecule has 0 amide bonds. The van der Waals surface area contributed by atoms with Gasteiger partial charge in [0.25, 0.3) is 0 Å². The zero-order valence-electron chi connectivity index (χ0n) is 13.2. The van der Waals surface area contributed by atoms with Gasteiger partial charge < -0.3 is 10.0 Å². The summed E-state index contributed by atoms with van der Waals surface area (Å²) in [7, 11) is 0. The highest BCUT2D eigenvalue weighted by Crippen LogP contribution is 2.43. The van der Waals surface area contributed by atoms with Gasteiger partial charge in [0, 0.05) is 19.3 Å². The molecule has 3 aromatic heterocycles. The number of H-pyrrole nitrogens is 1. The second-order valence-corrected chi connectivity index (χ2v) is 6.87. The van der Waals surface area contributed by atoms with Gasteiger partial charge in [0.2, 0.25) is 0 Å². The fourth-order valence-electron chi connectivity index (χ4n) is 4.39. The Hall–Kier alpha value is -2.48. The molecule has 1 saturated heterocycles. The van der Waals surface area contributed by atoms with Gasteiger partial charge in [-0.2, -0.15) is 10.2 Å². The summed E-state index contributed by atoms with van der Waals surface area (Å²) in [6.07, 6.45) is 8.29. The van der Waals surface area contributed by atoms with Crippen molar-refractivity contribution in [2.45, 2.75) is 25.0 Å². The molecule has 0 radical (unpaired) electrons. The Morgan fingerprint density at radius 3 is 2.92 bits per heavy atom. The number of aliphatic hydroxyl groups is 1. The molecule has 124 valence electrons. The third-order valence-corrected chi connectivity index (χ3v) is 5.56. The average molecular weight is 325 g/mol. The second kappa shape index (κ2) is 5.27. The minimum Gasteiger partial charge on any atom is -0.391 e. The molecule has 4 heterocycles. The predicted octanol–water partition coefficient (Wildman–Crippen LogP) is 0.998. The molecule has 2 aliphatic rings. The number of nitrogens with one attached hydrogen (secondary N) is 1. The summed E-state index contributed by atoms with van der Waals surface area (Å²) in [6, 6.07) is 2.08. The third kappa shape index (κ3) is 2.10. The molecule has 5 rings (SSSR count). The van der Waals surface area contributed by atoms with Crippen molar-refractivity contribution in [3.63, 3.8) is 0 Å². The number of aromatic nitrogens is 6. The third-order valence-electron chi connectivity index (χ3n) is 5.56. The van der Waals surface area contributed by atoms with Gasteiger partial charge in [-0.15, -0.1) is 0 Å². The molecule has 24 heavy (non-hydrogen) atoms. The average Bonchev–Trinajstić information content (AvgIpc) is 3.32. The van der Waals surface area contributed by atoms with Crippen molar-refractivity contribution >= 4 is 16.7 Å². The molecule has 1 saturated carbocycles. The van der Waals surface area contributed by atoms with E-state index in [0.29, 0.717) is 11.8 Å². The molecule has 2 fully saturated rings. The molecule has 0 unspecified atom stereocenters. The van der Waals surface area contributed by atoms with Gasteiger partial charge in [-0.05, 0) is 30.7 Å². The summed E-state index contributed by atoms with van der Waals surface area (Å²) in [5.74, 6) is 1.06. The molecule has 0 aromatic carbocycles. The maximum absolute atomic E-state index is 10.6. The summed E-state index contributed by atoms with van der Waals surface area (Å²) < 4.78 is 1.81. The van der Waals surface area contributed by atoms with E-state index in [0.717, 1.165) is 37.0 Å². The van der Waals surface area contributed by atoms with E-state index in [-0.39, 0.29) is 12.1 Å². The van der Waals surface area contributed by atoms with Crippen molar-refractivity contribution < 1.29 is 5.11 Å². The Labute approximate surface area is 138 Å². The topological polar surface area (TPSA) is 95.8 Å². The Bertz CT molecular complexity index is 845. The van der Waals surface area contributed by atoms with Crippen molar-refractivity contribution in [1.82, 2.24) is 29.9 Å². The lowest BCUT2D eigenvalue weighted by Crippen LogP contribution is -2.36. The number of aromatic amines is 1. The van der Waals surface area contributed by atoms with E-state index in [9.17, 15) is 5.11 Å². The van der Waals surface area contributed by atoms with Crippen LogP contribution in [0.2, 0.25) is 0 Å². The standard InChI is InChI=1S/C16H19N7O/c24-15-4-11-7-22(13-1-2-18-16-12(13)5-19-21-16)6-10(11)3-14(15)23-9-17-8-20-23/h1-2,5,8-11,14-15,24H,3-4,6-7H2,(H,18,19,21)/t10-,11+,14-,15-/m1/s1. The lowest BCUT2D eigenvalue weighted by molar-refractivity contribution is 0.0305. The van der Waals surface area contributed by atoms with Gasteiger partial charge in [0.1, 0.15) is 12.7 Å². The van der Waals surface area contributed by atoms with Gasteiger partial charge in [0.05, 0.1) is 29.4 Å². The number of hydrogen-bond acceptors (Lipinski definition) is 6. The smallest absolute Gasteiger partial charge is 0.157 e. The minimum absolute atomic E-state index is 0.0279. The van der Waals surface area contributed by atoms with Crippen LogP contribution in [-0.4, -0.2) is 54.2 Å². The highest BCUT2D eigenvalue weighted by molar-refractivity contribution is 5.88. The van der Waals surface area contributed by atoms with Crippen molar-refractivity contribution in [2.24, 2.45) is 11.8 Å². The molecule has 2 N–H and O–H groups in total. The first-order valence-electron chi connectivity index (χ1n) is 8.35. The molecular formula is C16H19N7O. The van der Waals surface area contributed by atoms with Crippen LogP contribution >= 0.6 is 0 Å². The number of aliphatic hydroxyl groups excluding tert-OH is 1. The summed E-state index contributed by atoms with van der Waals surface area (Å²) in [5, 5.41) is 22.9. The van der Waals surface area contributed by atoms with Gasteiger partial charge in [-0.1, -0.05) is 0 Å². The molecule has 8 heteroatoms. The minimum atomic E-state index is -0.362. The van der Waals surface area contributed by atoms with Crippen LogP contribution in [0.15, 0.2) is 31.1 Å². The van der Waals surface area contributed by atoms with Crippen molar-refractivity contribution in [1.29, 1.82) is 0 Å². The normalized spacial score (nSPS) is 30.0. The quantitative estimate of drug-likeness (QED) is 0.730. The Morgan fingerprint density at radius 2 is 2.08 bits per heavy atom. The van der Waals surface area contributed by atoms with Crippen molar-refractivity contribution in [3.05, 3.63) is 31.1 Å². The molecule has 1 aliphatic heterocycles. The van der Waals surface area contributed by atoms with Crippen LogP contribution in [0.1, 0.15) is 18.9 Å². The van der Waals surface area contributed by atoms with E-state index in [2.05, 4.69) is 36.2 Å². The Balaban J connectivity index is 1.41. The van der Waals surface area contributed by atoms with Crippen LogP contribution in [0.3, 0.4) is 0 Å². The van der Waals surface area contributed by atoms with E-state index < -0.39 is 0 Å². The molecule has 3 aromatic rings. The molecule has 8 nitrogen and oxygen atoms in total. The Morgan fingerprint density at radius 1 is 1.21 bits per heavy atom. The fourth-order valence-corrected chi connectivity index (χ4v) is 4.39. The number of nitrogens with zero attached hydrogens (tertiary/aromatic N) is 6. The van der Waals surface area contributed by atoms with Crippen LogP contribution < -0.4 is 4.90 Å². The first kappa shape index (κ1) is 13.9. The van der Waals surface area contributed by atoms with E-state index in [4.69, 9.17) is 0 Å². The molecule has 1 aliphatic carbocycles. The second-order valence-electron chi connectivity index (χ2n) is 6.87. The maximum atomic E-state index is 10.6. The zero-order valence-corrected chi connectivity index (χ0v) is 13.2. The van der Waals surface area contributed by atoms with Crippen LogP contribution in [0, 0.1) is 11.8 Å². The number of hydrogen-bond donors (Lipinski definition) is 2. The molecule has 0 spiro atoms. The summed E-state index contributed by atoms with van der Waals surface area (Å²) >= 11 is 0. The lowest BCUT2D eigenvalue weighted by atomic mass is 9.77. The summed E-state index contributed by atoms with van der Waals surface area (Å²) in [6.45, 7) is 1.96. The van der Waals surface area contributed by atoms with E-state index in [1.807, 2.05) is 17.1 Å². The predicted molar refractivity (Wildman–Crippen MR) is 87.4 cm³/mol. The summed E-state index contributed by atoms with van der Waals surface area (Å²) in [5.41, 5.74) is 2.00. The highest BCUT2D eigenvalue weighted by Gasteiger charge is 2.43. The Kier molecular flexibility index (Phi) is 3.05. The largest absolute Gasteiger partial charge is 0.391 e. The fraction of sp³-hybridized carbons (Fsp3) is 0.500. The van der Waals surface area contributed by atoms with E-state index in [1.54, 1.807) is 6.33 Å². The van der Waals surface area contributed by atoms with E-state index in [1.165, 1.54) is 12.0 Å². The summed E-state index contributed by atoms with van der Waals surface area (Å²) in [4.78, 5) is 10.7. The number of fused-ring (bicyclic) bond motifs is 2. The lowest BCUT2D eigenvalue weighted by Gasteiger charge is -2.34. The first-order valence-corrected chi connectivity index (χ1v) is 8.35. The van der Waals surface area contributed by atoms with E-state index >= 15 is 0 Å². The molecule has 4 atom stereocenters. The number of rotatable bonds is 2. The first-order chi connectivity index (χ1) is 11.8. The molecule has 0 bridgehead atoms. The van der Waals surface area contributed by atoms with Crippen LogP contribution in [-0.2, 0) is 0 Å². The number of anilines is 1. The van der Waals surface area contributed by atoms with Crippen molar-refractivity contribution in [3.8, 4) is 0 Å². The van der Waals surface area contributed by atoms with Crippen LogP contribution in [0.4, 0.5) is 5.69 Å². The zero-order chi connectivity index (χ0) is 16.1. The monoisotopic (exact) mass is 325 g/mol. The molecular weight excluding hydrogens is 306 g/mol. The SMILES string of the molecule is O[C@@H]1C[C@H]2CN(c3ccnc4[nH]ncc34)C[C@H]2C[C@H]1n1cncn1. The van der Waals surface area contributed by atoms with Gasteiger partial charge >= 0.3 is 0 Å². The van der Waals surface area contributed by atoms with Crippen molar-refractivity contribution in [2.75, 3.05) is 18.0 Å². The maximum Gasteiger partial charge on any atom is 0.157 e. The van der Waals surface area contributed by atoms with Gasteiger partial charge in [0.15, 0.2) is 5.65 Å². The van der Waals surface area contributed by atoms with Gasteiger partial charge in [-0.25, -0.2) is 14.6 Å².